The first-order valence-electron chi connectivity index (χ1n) is 8.33. The molecule has 3 N–H and O–H groups in total. The van der Waals surface area contributed by atoms with Gasteiger partial charge in [-0.25, -0.2) is 0 Å². The van der Waals surface area contributed by atoms with E-state index in [0.29, 0.717) is 16.8 Å². The highest BCUT2D eigenvalue weighted by Gasteiger charge is 2.11. The van der Waals surface area contributed by atoms with Gasteiger partial charge in [0, 0.05) is 11.4 Å². The van der Waals surface area contributed by atoms with Gasteiger partial charge in [-0.1, -0.05) is 68.1 Å². The molecular weight excluding hydrogens is 346 g/mol. The normalized spacial score (nSPS) is 10.9. The molecular formula is C19H21N5OS. The molecule has 2 aromatic carbocycles. The molecule has 0 unspecified atom stereocenters. The second-order valence-electron chi connectivity index (χ2n) is 6.18. The van der Waals surface area contributed by atoms with Crippen LogP contribution in [-0.2, 0) is 5.75 Å². The summed E-state index contributed by atoms with van der Waals surface area (Å²) in [7, 11) is 0. The lowest BCUT2D eigenvalue weighted by Crippen LogP contribution is -2.32. The first-order chi connectivity index (χ1) is 12.5. The van der Waals surface area contributed by atoms with Crippen LogP contribution in [0.4, 0.5) is 11.5 Å². The van der Waals surface area contributed by atoms with Gasteiger partial charge in [-0.15, -0.1) is 10.2 Å². The lowest BCUT2D eigenvalue weighted by molar-refractivity contribution is 0.705. The Morgan fingerprint density at radius 2 is 1.77 bits per heavy atom. The number of anilines is 2. The quantitative estimate of drug-likeness (QED) is 0.512. The molecule has 3 aromatic rings. The van der Waals surface area contributed by atoms with Crippen LogP contribution < -0.4 is 16.7 Å². The summed E-state index contributed by atoms with van der Waals surface area (Å²) >= 11 is 1.37. The first-order valence-corrected chi connectivity index (χ1v) is 9.31. The molecule has 0 saturated heterocycles. The van der Waals surface area contributed by atoms with Crippen LogP contribution >= 0.6 is 11.8 Å². The summed E-state index contributed by atoms with van der Waals surface area (Å²) in [5.41, 5.74) is 2.71. The van der Waals surface area contributed by atoms with Gasteiger partial charge in [0.2, 0.25) is 11.0 Å². The van der Waals surface area contributed by atoms with E-state index < -0.39 is 5.56 Å². The second-order valence-corrected chi connectivity index (χ2v) is 7.12. The Kier molecular flexibility index (Phi) is 5.58. The summed E-state index contributed by atoms with van der Waals surface area (Å²) in [6, 6.07) is 17.8. The van der Waals surface area contributed by atoms with E-state index >= 15 is 0 Å². The number of hydrogen-bond acceptors (Lipinski definition) is 6. The van der Waals surface area contributed by atoms with Crippen molar-refractivity contribution in [2.45, 2.75) is 30.7 Å². The van der Waals surface area contributed by atoms with E-state index in [1.165, 1.54) is 17.3 Å². The standard InChI is InChI=1S/C19H21N5OS/c1-13(2)15-8-10-16(11-9-15)21-17-18(25)24(20)19(23-22-17)26-12-14-6-4-3-5-7-14/h3-11,13H,12,20H2,1-2H3,(H,21,22). The van der Waals surface area contributed by atoms with Gasteiger partial charge in [-0.3, -0.25) is 4.79 Å². The molecule has 1 aromatic heterocycles. The Morgan fingerprint density at radius 1 is 1.08 bits per heavy atom. The molecule has 0 radical (unpaired) electrons. The van der Waals surface area contributed by atoms with E-state index in [4.69, 9.17) is 5.84 Å². The predicted molar refractivity (Wildman–Crippen MR) is 106 cm³/mol. The van der Waals surface area contributed by atoms with Crippen LogP contribution in [0.2, 0.25) is 0 Å². The maximum Gasteiger partial charge on any atom is 0.315 e. The zero-order chi connectivity index (χ0) is 18.5. The molecule has 0 spiro atoms. The zero-order valence-corrected chi connectivity index (χ0v) is 15.5. The molecule has 0 fully saturated rings. The van der Waals surface area contributed by atoms with Crippen molar-refractivity contribution in [1.82, 2.24) is 14.9 Å². The summed E-state index contributed by atoms with van der Waals surface area (Å²) in [5.74, 6) is 7.12. The van der Waals surface area contributed by atoms with Crippen LogP contribution in [0.15, 0.2) is 64.5 Å². The largest absolute Gasteiger partial charge is 0.334 e. The number of benzene rings is 2. The highest BCUT2D eigenvalue weighted by molar-refractivity contribution is 7.98. The van der Waals surface area contributed by atoms with Crippen molar-refractivity contribution in [1.29, 1.82) is 0 Å². The Labute approximate surface area is 156 Å². The van der Waals surface area contributed by atoms with Crippen molar-refractivity contribution in [2.75, 3.05) is 11.2 Å². The maximum absolute atomic E-state index is 12.4. The summed E-state index contributed by atoms with van der Waals surface area (Å²) in [6.07, 6.45) is 0. The van der Waals surface area contributed by atoms with Gasteiger partial charge >= 0.3 is 5.56 Å². The Hall–Kier alpha value is -2.80. The average molecular weight is 367 g/mol. The van der Waals surface area contributed by atoms with Gasteiger partial charge in [0.25, 0.3) is 0 Å². The van der Waals surface area contributed by atoms with E-state index in [9.17, 15) is 4.79 Å². The van der Waals surface area contributed by atoms with Gasteiger partial charge in [-0.2, -0.15) is 4.68 Å². The third kappa shape index (κ3) is 4.23. The summed E-state index contributed by atoms with van der Waals surface area (Å²) in [5, 5.41) is 11.5. The number of aromatic nitrogens is 3. The SMILES string of the molecule is CC(C)c1ccc(Nc2nnc(SCc3ccccc3)n(N)c2=O)cc1. The monoisotopic (exact) mass is 367 g/mol. The third-order valence-corrected chi connectivity index (χ3v) is 4.93. The van der Waals surface area contributed by atoms with Crippen LogP contribution in [-0.4, -0.2) is 14.9 Å². The smallest absolute Gasteiger partial charge is 0.315 e. The van der Waals surface area contributed by atoms with Gasteiger partial charge in [0.15, 0.2) is 0 Å². The molecule has 0 aliphatic rings. The minimum atomic E-state index is -0.413. The molecule has 0 aliphatic heterocycles. The van der Waals surface area contributed by atoms with Crippen molar-refractivity contribution >= 4 is 23.3 Å². The summed E-state index contributed by atoms with van der Waals surface area (Å²) in [4.78, 5) is 12.4. The minimum absolute atomic E-state index is 0.105. The topological polar surface area (TPSA) is 85.8 Å². The van der Waals surface area contributed by atoms with E-state index in [1.54, 1.807) is 0 Å². The molecule has 134 valence electrons. The van der Waals surface area contributed by atoms with E-state index in [0.717, 1.165) is 15.9 Å². The molecule has 3 rings (SSSR count). The zero-order valence-electron chi connectivity index (χ0n) is 14.7. The summed E-state index contributed by atoms with van der Waals surface area (Å²) < 4.78 is 1.03. The molecule has 0 bridgehead atoms. The fraction of sp³-hybridized carbons (Fsp3) is 0.211. The van der Waals surface area contributed by atoms with Crippen LogP contribution in [0.25, 0.3) is 0 Å². The Balaban J connectivity index is 1.73. The summed E-state index contributed by atoms with van der Waals surface area (Å²) in [6.45, 7) is 4.26. The molecule has 0 amide bonds. The number of rotatable bonds is 6. The number of nitrogens with one attached hydrogen (secondary N) is 1. The molecule has 0 atom stereocenters. The fourth-order valence-corrected chi connectivity index (χ4v) is 3.18. The van der Waals surface area contributed by atoms with Crippen molar-refractivity contribution in [3.05, 3.63) is 76.1 Å². The van der Waals surface area contributed by atoms with Crippen molar-refractivity contribution < 1.29 is 0 Å². The second kappa shape index (κ2) is 8.05. The van der Waals surface area contributed by atoms with Crippen LogP contribution in [0.3, 0.4) is 0 Å². The molecule has 26 heavy (non-hydrogen) atoms. The van der Waals surface area contributed by atoms with Crippen molar-refractivity contribution in [2.24, 2.45) is 0 Å². The lowest BCUT2D eigenvalue weighted by Gasteiger charge is -2.10. The number of nitrogens with zero attached hydrogens (tertiary/aromatic N) is 3. The highest BCUT2D eigenvalue weighted by atomic mass is 32.2. The Morgan fingerprint density at radius 3 is 2.42 bits per heavy atom. The fourth-order valence-electron chi connectivity index (χ4n) is 2.37. The number of hydrogen-bond donors (Lipinski definition) is 2. The molecule has 6 nitrogen and oxygen atoms in total. The van der Waals surface area contributed by atoms with Crippen LogP contribution in [0, 0.1) is 0 Å². The predicted octanol–water partition coefficient (Wildman–Crippen LogP) is 3.51. The number of nitrogen functional groups attached to an aromatic ring is 1. The van der Waals surface area contributed by atoms with Gasteiger partial charge in [0.05, 0.1) is 0 Å². The molecule has 0 saturated carbocycles. The number of nitrogens with two attached hydrogens (primary N) is 1. The maximum atomic E-state index is 12.4. The van der Waals surface area contributed by atoms with E-state index in [-0.39, 0.29) is 5.82 Å². The lowest BCUT2D eigenvalue weighted by atomic mass is 10.0. The minimum Gasteiger partial charge on any atom is -0.334 e. The average Bonchev–Trinajstić information content (AvgIpc) is 2.66. The van der Waals surface area contributed by atoms with Gasteiger partial charge in [-0.05, 0) is 29.2 Å². The van der Waals surface area contributed by atoms with E-state index in [1.807, 2.05) is 54.6 Å². The van der Waals surface area contributed by atoms with Gasteiger partial charge in [0.1, 0.15) is 0 Å². The molecule has 0 aliphatic carbocycles. The molecule has 1 heterocycles. The first kappa shape index (κ1) is 18.0. The highest BCUT2D eigenvalue weighted by Crippen LogP contribution is 2.20. The van der Waals surface area contributed by atoms with Crippen molar-refractivity contribution in [3.8, 4) is 0 Å². The Bertz CT molecular complexity index is 923. The van der Waals surface area contributed by atoms with Crippen LogP contribution in [0.1, 0.15) is 30.9 Å². The van der Waals surface area contributed by atoms with Gasteiger partial charge < -0.3 is 11.2 Å². The molecule has 7 heteroatoms. The van der Waals surface area contributed by atoms with Crippen molar-refractivity contribution in [3.63, 3.8) is 0 Å². The van der Waals surface area contributed by atoms with E-state index in [2.05, 4.69) is 29.4 Å². The number of thioether (sulfide) groups is 1. The van der Waals surface area contributed by atoms with Crippen LogP contribution in [0.5, 0.6) is 0 Å². The third-order valence-electron chi connectivity index (χ3n) is 3.91.